The van der Waals surface area contributed by atoms with Gasteiger partial charge in [-0.2, -0.15) is 10.4 Å². The summed E-state index contributed by atoms with van der Waals surface area (Å²) in [5.74, 6) is 0.226. The lowest BCUT2D eigenvalue weighted by Gasteiger charge is -2.24. The lowest BCUT2D eigenvalue weighted by Crippen LogP contribution is -2.46. The molecule has 11 heteroatoms. The summed E-state index contributed by atoms with van der Waals surface area (Å²) in [5, 5.41) is 34.8. The second kappa shape index (κ2) is 7.47. The minimum absolute atomic E-state index is 0.203. The van der Waals surface area contributed by atoms with Gasteiger partial charge >= 0.3 is 6.16 Å². The Morgan fingerprint density at radius 2 is 2.17 bits per heavy atom. The predicted octanol–water partition coefficient (Wildman–Crippen LogP) is 0.463. The third kappa shape index (κ3) is 3.35. The number of nitrogens with two attached hydrogens (primary N) is 1. The summed E-state index contributed by atoms with van der Waals surface area (Å²) in [6, 6.07) is 5.06. The van der Waals surface area contributed by atoms with E-state index in [9.17, 15) is 20.3 Å². The Hall–Kier alpha value is -2.94. The van der Waals surface area contributed by atoms with Crippen LogP contribution in [0.3, 0.4) is 0 Å². The summed E-state index contributed by atoms with van der Waals surface area (Å²) in [7, 11) is 0. The van der Waals surface area contributed by atoms with E-state index in [2.05, 4.69) is 10.1 Å². The van der Waals surface area contributed by atoms with Crippen molar-refractivity contribution in [1.82, 2.24) is 14.6 Å². The molecule has 3 heterocycles. The van der Waals surface area contributed by atoms with Crippen molar-refractivity contribution in [3.05, 3.63) is 24.2 Å². The van der Waals surface area contributed by atoms with Gasteiger partial charge in [0.2, 0.25) is 5.60 Å². The van der Waals surface area contributed by atoms with Crippen molar-refractivity contribution < 1.29 is 29.2 Å². The summed E-state index contributed by atoms with van der Waals surface area (Å²) >= 11 is 0. The molecule has 2 fully saturated rings. The number of hydrogen-bond donors (Lipinski definition) is 3. The number of ether oxygens (including phenoxy) is 3. The first-order valence-corrected chi connectivity index (χ1v) is 9.32. The van der Waals surface area contributed by atoms with E-state index >= 15 is 0 Å². The average Bonchev–Trinajstić information content (AvgIpc) is 3.42. The SMILES string of the molecule is N#C[C@]1(COC(=O)OC2CCCC2)O[C@@H](c2ccc3c(N)ncnn23)[C@H](O)[C@@H]1O. The van der Waals surface area contributed by atoms with Crippen LogP contribution in [0.2, 0.25) is 0 Å². The van der Waals surface area contributed by atoms with Crippen LogP contribution < -0.4 is 5.73 Å². The van der Waals surface area contributed by atoms with Gasteiger partial charge in [0.25, 0.3) is 0 Å². The van der Waals surface area contributed by atoms with Gasteiger partial charge in [-0.15, -0.1) is 0 Å². The molecule has 4 atom stereocenters. The van der Waals surface area contributed by atoms with Crippen LogP contribution in [-0.4, -0.2) is 61.5 Å². The van der Waals surface area contributed by atoms with Crippen LogP contribution in [0.15, 0.2) is 18.5 Å². The van der Waals surface area contributed by atoms with E-state index in [1.165, 1.54) is 10.8 Å². The van der Waals surface area contributed by atoms with Crippen molar-refractivity contribution in [3.63, 3.8) is 0 Å². The third-order valence-corrected chi connectivity index (χ3v) is 5.41. The Kier molecular flexibility index (Phi) is 4.99. The van der Waals surface area contributed by atoms with Crippen LogP contribution in [-0.2, 0) is 14.2 Å². The van der Waals surface area contributed by atoms with E-state index in [0.29, 0.717) is 11.2 Å². The van der Waals surface area contributed by atoms with Gasteiger partial charge in [0.1, 0.15) is 48.9 Å². The number of carbonyl (C=O) groups is 1. The number of hydrogen-bond acceptors (Lipinski definition) is 10. The molecule has 154 valence electrons. The second-order valence-corrected chi connectivity index (χ2v) is 7.24. The Balaban J connectivity index is 1.51. The van der Waals surface area contributed by atoms with Gasteiger partial charge in [0, 0.05) is 0 Å². The van der Waals surface area contributed by atoms with Gasteiger partial charge in [-0.3, -0.25) is 0 Å². The van der Waals surface area contributed by atoms with Gasteiger partial charge in [0.15, 0.2) is 5.82 Å². The number of aliphatic hydroxyl groups is 2. The molecule has 0 bridgehead atoms. The monoisotopic (exact) mass is 403 g/mol. The van der Waals surface area contributed by atoms with Gasteiger partial charge < -0.3 is 30.2 Å². The van der Waals surface area contributed by atoms with Crippen LogP contribution in [0, 0.1) is 11.3 Å². The highest BCUT2D eigenvalue weighted by Gasteiger charge is 2.57. The van der Waals surface area contributed by atoms with Crippen LogP contribution in [0.1, 0.15) is 37.5 Å². The fourth-order valence-corrected chi connectivity index (χ4v) is 3.82. The van der Waals surface area contributed by atoms with Gasteiger partial charge in [-0.1, -0.05) is 0 Å². The Bertz CT molecular complexity index is 952. The minimum Gasteiger partial charge on any atom is -0.431 e. The molecule has 1 saturated heterocycles. The number of nitriles is 1. The second-order valence-electron chi connectivity index (χ2n) is 7.24. The minimum atomic E-state index is -1.96. The molecular formula is C18H21N5O6. The van der Waals surface area contributed by atoms with Crippen molar-refractivity contribution in [2.75, 3.05) is 12.3 Å². The van der Waals surface area contributed by atoms with Crippen LogP contribution in [0.25, 0.3) is 5.52 Å². The zero-order chi connectivity index (χ0) is 20.6. The van der Waals surface area contributed by atoms with Gasteiger partial charge in [-0.05, 0) is 37.8 Å². The zero-order valence-corrected chi connectivity index (χ0v) is 15.5. The molecule has 0 unspecified atom stereocenters. The van der Waals surface area contributed by atoms with E-state index in [1.54, 1.807) is 12.1 Å². The summed E-state index contributed by atoms with van der Waals surface area (Å²) in [6.45, 7) is -0.593. The van der Waals surface area contributed by atoms with E-state index in [0.717, 1.165) is 25.7 Å². The highest BCUT2D eigenvalue weighted by molar-refractivity contribution is 5.65. The molecular weight excluding hydrogens is 382 g/mol. The molecule has 0 aromatic carbocycles. The van der Waals surface area contributed by atoms with E-state index in [4.69, 9.17) is 19.9 Å². The molecule has 2 aliphatic rings. The Labute approximate surface area is 165 Å². The molecule has 1 aliphatic heterocycles. The number of fused-ring (bicyclic) bond motifs is 1. The molecule has 0 spiro atoms. The maximum atomic E-state index is 11.9. The van der Waals surface area contributed by atoms with Crippen molar-refractivity contribution in [2.24, 2.45) is 0 Å². The van der Waals surface area contributed by atoms with Crippen molar-refractivity contribution >= 4 is 17.5 Å². The number of carbonyl (C=O) groups excluding carboxylic acids is 1. The van der Waals surface area contributed by atoms with E-state index < -0.39 is 36.7 Å². The van der Waals surface area contributed by atoms with Crippen LogP contribution in [0.5, 0.6) is 0 Å². The maximum absolute atomic E-state index is 11.9. The summed E-state index contributed by atoms with van der Waals surface area (Å²) < 4.78 is 17.4. The fourth-order valence-electron chi connectivity index (χ4n) is 3.82. The molecule has 29 heavy (non-hydrogen) atoms. The molecule has 4 N–H and O–H groups in total. The quantitative estimate of drug-likeness (QED) is 0.611. The van der Waals surface area contributed by atoms with E-state index in [-0.39, 0.29) is 11.9 Å². The van der Waals surface area contributed by atoms with Crippen molar-refractivity contribution in [1.29, 1.82) is 5.26 Å². The number of aliphatic hydroxyl groups excluding tert-OH is 2. The van der Waals surface area contributed by atoms with Crippen LogP contribution >= 0.6 is 0 Å². The fraction of sp³-hybridized carbons (Fsp3) is 0.556. The molecule has 2 aromatic heterocycles. The highest BCUT2D eigenvalue weighted by Crippen LogP contribution is 2.40. The number of nitrogens with zero attached hydrogens (tertiary/aromatic N) is 4. The average molecular weight is 403 g/mol. The van der Waals surface area contributed by atoms with E-state index in [1.807, 2.05) is 6.07 Å². The molecule has 1 aliphatic carbocycles. The Morgan fingerprint density at radius 1 is 1.41 bits per heavy atom. The summed E-state index contributed by atoms with van der Waals surface area (Å²) in [4.78, 5) is 15.8. The largest absolute Gasteiger partial charge is 0.508 e. The van der Waals surface area contributed by atoms with Crippen LogP contribution in [0.4, 0.5) is 10.6 Å². The van der Waals surface area contributed by atoms with Gasteiger partial charge in [-0.25, -0.2) is 14.3 Å². The normalized spacial score (nSPS) is 29.8. The standard InChI is InChI=1S/C18H21N5O6/c19-7-18(8-27-17(26)28-10-3-1-2-4-10)15(25)13(24)14(29-18)11-5-6-12-16(20)21-9-22-23(11)12/h5-6,9-10,13-15,24-25H,1-4,8H2,(H2,20,21,22)/t13-,14-,15-,18+/m0/s1. The molecule has 0 radical (unpaired) electrons. The first-order chi connectivity index (χ1) is 13.9. The lowest BCUT2D eigenvalue weighted by molar-refractivity contribution is -0.0886. The first kappa shape index (κ1) is 19.4. The van der Waals surface area contributed by atoms with Crippen molar-refractivity contribution in [2.45, 2.75) is 55.7 Å². The zero-order valence-electron chi connectivity index (χ0n) is 15.5. The number of aromatic nitrogens is 3. The predicted molar refractivity (Wildman–Crippen MR) is 96.3 cm³/mol. The molecule has 11 nitrogen and oxygen atoms in total. The molecule has 2 aromatic rings. The van der Waals surface area contributed by atoms with Crippen molar-refractivity contribution in [3.8, 4) is 6.07 Å². The molecule has 4 rings (SSSR count). The molecule has 0 amide bonds. The first-order valence-electron chi connectivity index (χ1n) is 9.32. The number of nitrogen functional groups attached to an aromatic ring is 1. The third-order valence-electron chi connectivity index (χ3n) is 5.41. The highest BCUT2D eigenvalue weighted by atomic mass is 16.7. The Morgan fingerprint density at radius 3 is 2.90 bits per heavy atom. The summed E-state index contributed by atoms with van der Waals surface area (Å²) in [5.41, 5.74) is 4.70. The number of anilines is 1. The maximum Gasteiger partial charge on any atom is 0.508 e. The topological polar surface area (TPSA) is 165 Å². The summed E-state index contributed by atoms with van der Waals surface area (Å²) in [6.07, 6.45) is -0.585. The number of rotatable bonds is 4. The smallest absolute Gasteiger partial charge is 0.431 e. The lowest BCUT2D eigenvalue weighted by atomic mass is 9.96. The van der Waals surface area contributed by atoms with Gasteiger partial charge in [0.05, 0.1) is 5.69 Å². The molecule has 1 saturated carbocycles.